The molecule has 2 atom stereocenters. The number of nitrogens with zero attached hydrogens (tertiary/aromatic N) is 1. The summed E-state index contributed by atoms with van der Waals surface area (Å²) in [6.45, 7) is 5.75. The third-order valence-corrected chi connectivity index (χ3v) is 3.12. The highest BCUT2D eigenvalue weighted by atomic mass is 35.5. The van der Waals surface area contributed by atoms with Crippen LogP contribution >= 0.6 is 24.8 Å². The maximum atomic E-state index is 11.5. The molecule has 1 fully saturated rings. The van der Waals surface area contributed by atoms with Gasteiger partial charge in [0, 0.05) is 13.1 Å². The quantitative estimate of drug-likeness (QED) is 0.886. The Kier molecular flexibility index (Phi) is 8.66. The van der Waals surface area contributed by atoms with E-state index in [-0.39, 0.29) is 49.5 Å². The number of nitrogens with one attached hydrogen (secondary N) is 1. The van der Waals surface area contributed by atoms with Crippen molar-refractivity contribution in [1.29, 1.82) is 0 Å². The zero-order valence-electron chi connectivity index (χ0n) is 12.2. The van der Waals surface area contributed by atoms with Crippen LogP contribution in [0.2, 0.25) is 0 Å². The summed E-state index contributed by atoms with van der Waals surface area (Å²) in [4.78, 5) is 13.7. The second-order valence-electron chi connectivity index (χ2n) is 4.93. The molecule has 0 radical (unpaired) electrons. The van der Waals surface area contributed by atoms with Gasteiger partial charge in [-0.1, -0.05) is 12.1 Å². The van der Waals surface area contributed by atoms with Crippen LogP contribution in [-0.2, 0) is 9.53 Å². The molecule has 1 heterocycles. The topological polar surface area (TPSA) is 67.6 Å². The molecule has 1 aromatic carbocycles. The first kappa shape index (κ1) is 20.0. The molecule has 1 amide bonds. The number of halogens is 2. The number of hydrogen-bond acceptors (Lipinski definition) is 4. The first-order chi connectivity index (χ1) is 9.10. The summed E-state index contributed by atoms with van der Waals surface area (Å²) in [7, 11) is 0. The lowest BCUT2D eigenvalue weighted by Crippen LogP contribution is -2.45. The lowest BCUT2D eigenvalue weighted by atomic mass is 10.1. The maximum absolute atomic E-state index is 11.5. The van der Waals surface area contributed by atoms with Crippen molar-refractivity contribution in [2.24, 2.45) is 5.73 Å². The molecular formula is C14H23Cl2N3O2. The van der Waals surface area contributed by atoms with Gasteiger partial charge in [0.2, 0.25) is 5.91 Å². The van der Waals surface area contributed by atoms with E-state index in [1.165, 1.54) is 0 Å². The average molecular weight is 336 g/mol. The monoisotopic (exact) mass is 335 g/mol. The zero-order valence-corrected chi connectivity index (χ0v) is 13.9. The lowest BCUT2D eigenvalue weighted by molar-refractivity contribution is -0.114. The maximum Gasteiger partial charge on any atom is 0.238 e. The van der Waals surface area contributed by atoms with Gasteiger partial charge in [-0.2, -0.15) is 0 Å². The standard InChI is InChI=1S/C14H21N3O2.2ClH/c1-10-8-17(9-11(2)19-10)13-6-4-3-5-12(13)16-14(18)7-15;;/h3-6,10-11H,7-9,15H2,1-2H3,(H,16,18);2*1H. The van der Waals surface area contributed by atoms with Gasteiger partial charge in [-0.3, -0.25) is 4.79 Å². The summed E-state index contributed by atoms with van der Waals surface area (Å²) in [5.74, 6) is -0.179. The van der Waals surface area contributed by atoms with Crippen LogP contribution in [0.15, 0.2) is 24.3 Å². The van der Waals surface area contributed by atoms with E-state index in [1.54, 1.807) is 0 Å². The Morgan fingerprint density at radius 2 is 1.86 bits per heavy atom. The fourth-order valence-electron chi connectivity index (χ4n) is 2.43. The zero-order chi connectivity index (χ0) is 13.8. The predicted octanol–water partition coefficient (Wildman–Crippen LogP) is 2.04. The molecule has 1 aliphatic rings. The Hall–Kier alpha value is -1.01. The van der Waals surface area contributed by atoms with Crippen molar-refractivity contribution in [2.75, 3.05) is 29.9 Å². The number of anilines is 2. The van der Waals surface area contributed by atoms with Gasteiger partial charge in [0.05, 0.1) is 30.1 Å². The SMILES string of the molecule is CC1CN(c2ccccc2NC(=O)CN)CC(C)O1.Cl.Cl. The minimum absolute atomic E-state index is 0. The highest BCUT2D eigenvalue weighted by Gasteiger charge is 2.24. The molecule has 0 saturated carbocycles. The second-order valence-corrected chi connectivity index (χ2v) is 4.93. The van der Waals surface area contributed by atoms with Gasteiger partial charge in [-0.05, 0) is 26.0 Å². The van der Waals surface area contributed by atoms with Gasteiger partial charge in [0.1, 0.15) is 0 Å². The molecule has 2 unspecified atom stereocenters. The third-order valence-electron chi connectivity index (χ3n) is 3.12. The van der Waals surface area contributed by atoms with Crippen molar-refractivity contribution >= 4 is 42.1 Å². The number of morpholine rings is 1. The number of carbonyl (C=O) groups is 1. The summed E-state index contributed by atoms with van der Waals surface area (Å²) >= 11 is 0. The molecule has 1 saturated heterocycles. The number of carbonyl (C=O) groups excluding carboxylic acids is 1. The summed E-state index contributed by atoms with van der Waals surface area (Å²) in [6, 6.07) is 7.78. The van der Waals surface area contributed by atoms with Gasteiger partial charge in [0.15, 0.2) is 0 Å². The van der Waals surface area contributed by atoms with Crippen molar-refractivity contribution in [1.82, 2.24) is 0 Å². The summed E-state index contributed by atoms with van der Waals surface area (Å²) in [5, 5.41) is 2.84. The Balaban J connectivity index is 0.00000200. The van der Waals surface area contributed by atoms with Crippen LogP contribution in [0.3, 0.4) is 0 Å². The molecule has 21 heavy (non-hydrogen) atoms. The van der Waals surface area contributed by atoms with Gasteiger partial charge in [-0.15, -0.1) is 24.8 Å². The largest absolute Gasteiger partial charge is 0.372 e. The molecule has 1 aromatic rings. The van der Waals surface area contributed by atoms with Gasteiger partial charge in [0.25, 0.3) is 0 Å². The summed E-state index contributed by atoms with van der Waals surface area (Å²) < 4.78 is 5.73. The minimum atomic E-state index is -0.179. The molecule has 0 spiro atoms. The van der Waals surface area contributed by atoms with E-state index in [1.807, 2.05) is 24.3 Å². The number of ether oxygens (including phenoxy) is 1. The molecule has 1 aliphatic heterocycles. The number of benzene rings is 1. The van der Waals surface area contributed by atoms with E-state index in [0.717, 1.165) is 24.5 Å². The molecule has 7 heteroatoms. The molecule has 2 rings (SSSR count). The number of hydrogen-bond donors (Lipinski definition) is 2. The smallest absolute Gasteiger partial charge is 0.238 e. The molecular weight excluding hydrogens is 313 g/mol. The molecule has 120 valence electrons. The van der Waals surface area contributed by atoms with Crippen molar-refractivity contribution in [3.8, 4) is 0 Å². The molecule has 0 aromatic heterocycles. The highest BCUT2D eigenvalue weighted by Crippen LogP contribution is 2.28. The number of rotatable bonds is 3. The molecule has 0 bridgehead atoms. The molecule has 5 nitrogen and oxygen atoms in total. The fraction of sp³-hybridized carbons (Fsp3) is 0.500. The Labute approximate surface area is 138 Å². The van der Waals surface area contributed by atoms with Gasteiger partial charge in [-0.25, -0.2) is 0 Å². The summed E-state index contributed by atoms with van der Waals surface area (Å²) in [6.07, 6.45) is 0.365. The van der Waals surface area contributed by atoms with Crippen molar-refractivity contribution < 1.29 is 9.53 Å². The normalized spacial score (nSPS) is 21.0. The van der Waals surface area contributed by atoms with Crippen molar-refractivity contribution in [3.05, 3.63) is 24.3 Å². The summed E-state index contributed by atoms with van der Waals surface area (Å²) in [5.41, 5.74) is 7.17. The van der Waals surface area contributed by atoms with Crippen LogP contribution in [0.5, 0.6) is 0 Å². The second kappa shape index (κ2) is 9.10. The van der Waals surface area contributed by atoms with E-state index < -0.39 is 0 Å². The van der Waals surface area contributed by atoms with Crippen LogP contribution in [-0.4, -0.2) is 37.7 Å². The van der Waals surface area contributed by atoms with E-state index >= 15 is 0 Å². The van der Waals surface area contributed by atoms with Crippen LogP contribution in [0.4, 0.5) is 11.4 Å². The number of amides is 1. The average Bonchev–Trinajstić information content (AvgIpc) is 2.38. The highest BCUT2D eigenvalue weighted by molar-refractivity contribution is 5.95. The number of para-hydroxylation sites is 2. The van der Waals surface area contributed by atoms with E-state index in [0.29, 0.717) is 0 Å². The minimum Gasteiger partial charge on any atom is -0.372 e. The first-order valence-corrected chi connectivity index (χ1v) is 6.59. The van der Waals surface area contributed by atoms with Crippen molar-refractivity contribution in [3.63, 3.8) is 0 Å². The molecule has 3 N–H and O–H groups in total. The van der Waals surface area contributed by atoms with Gasteiger partial charge < -0.3 is 20.7 Å². The number of nitrogens with two attached hydrogens (primary N) is 1. The van der Waals surface area contributed by atoms with Crippen LogP contribution in [0.25, 0.3) is 0 Å². The molecule has 0 aliphatic carbocycles. The van der Waals surface area contributed by atoms with Crippen LogP contribution < -0.4 is 16.0 Å². The van der Waals surface area contributed by atoms with E-state index in [2.05, 4.69) is 24.1 Å². The third kappa shape index (κ3) is 5.36. The van der Waals surface area contributed by atoms with E-state index in [4.69, 9.17) is 10.5 Å². The Bertz CT molecular complexity index is 450. The fourth-order valence-corrected chi connectivity index (χ4v) is 2.43. The Morgan fingerprint density at radius 3 is 2.43 bits per heavy atom. The van der Waals surface area contributed by atoms with Crippen LogP contribution in [0.1, 0.15) is 13.8 Å². The lowest BCUT2D eigenvalue weighted by Gasteiger charge is -2.37. The van der Waals surface area contributed by atoms with Crippen molar-refractivity contribution in [2.45, 2.75) is 26.1 Å². The predicted molar refractivity (Wildman–Crippen MR) is 90.8 cm³/mol. The van der Waals surface area contributed by atoms with Gasteiger partial charge >= 0.3 is 0 Å². The van der Waals surface area contributed by atoms with E-state index in [9.17, 15) is 4.79 Å². The van der Waals surface area contributed by atoms with Crippen LogP contribution in [0, 0.1) is 0 Å². The first-order valence-electron chi connectivity index (χ1n) is 6.59. The Morgan fingerprint density at radius 1 is 1.29 bits per heavy atom.